The highest BCUT2D eigenvalue weighted by atomic mass is 16.5. The molecule has 4 nitrogen and oxygen atoms in total. The summed E-state index contributed by atoms with van der Waals surface area (Å²) in [6.45, 7) is 6.55. The normalized spacial score (nSPS) is 25.8. The molecule has 0 radical (unpaired) electrons. The predicted octanol–water partition coefficient (Wildman–Crippen LogP) is 1.01. The second kappa shape index (κ2) is 8.03. The molecule has 0 aromatic heterocycles. The van der Waals surface area contributed by atoms with E-state index in [-0.39, 0.29) is 12.1 Å². The molecule has 3 unspecified atom stereocenters. The molecule has 1 aliphatic rings. The highest BCUT2D eigenvalue weighted by Gasteiger charge is 2.28. The van der Waals surface area contributed by atoms with Gasteiger partial charge in [0, 0.05) is 19.2 Å². The van der Waals surface area contributed by atoms with E-state index in [1.54, 1.807) is 0 Å². The molecule has 17 heavy (non-hydrogen) atoms. The van der Waals surface area contributed by atoms with Gasteiger partial charge >= 0.3 is 0 Å². The van der Waals surface area contributed by atoms with E-state index < -0.39 is 6.10 Å². The maximum Gasteiger partial charge on any atom is 0.0900 e. The topological polar surface area (TPSA) is 52.9 Å². The molecule has 1 fully saturated rings. The Bertz CT molecular complexity index is 201. The van der Waals surface area contributed by atoms with Crippen LogP contribution in [0, 0.1) is 0 Å². The van der Waals surface area contributed by atoms with Crippen molar-refractivity contribution in [1.82, 2.24) is 4.90 Å². The molecule has 0 aromatic carbocycles. The average molecular weight is 245 g/mol. The lowest BCUT2D eigenvalue weighted by atomic mass is 9.95. The van der Waals surface area contributed by atoms with Gasteiger partial charge in [0.1, 0.15) is 0 Å². The van der Waals surface area contributed by atoms with Crippen LogP contribution in [0.25, 0.3) is 0 Å². The van der Waals surface area contributed by atoms with Crippen LogP contribution in [0.4, 0.5) is 0 Å². The van der Waals surface area contributed by atoms with Crippen molar-refractivity contribution in [3.8, 4) is 0 Å². The quantitative estimate of drug-likeness (QED) is 0.703. The largest absolute Gasteiger partial charge is 0.392 e. The van der Waals surface area contributed by atoms with Gasteiger partial charge in [-0.25, -0.2) is 0 Å². The Hall–Kier alpha value is -0.160. The molecule has 1 aliphatic heterocycles. The van der Waals surface area contributed by atoms with Crippen LogP contribution in [-0.2, 0) is 4.74 Å². The fourth-order valence-electron chi connectivity index (χ4n) is 2.53. The van der Waals surface area contributed by atoms with Crippen LogP contribution in [0.2, 0.25) is 0 Å². The van der Waals surface area contributed by atoms with E-state index in [9.17, 15) is 10.2 Å². The number of likely N-dealkylation sites (tertiary alicyclic amines) is 1. The van der Waals surface area contributed by atoms with Gasteiger partial charge in [-0.05, 0) is 32.7 Å². The summed E-state index contributed by atoms with van der Waals surface area (Å²) in [7, 11) is 0. The maximum atomic E-state index is 9.99. The molecule has 0 amide bonds. The number of hydrogen-bond acceptors (Lipinski definition) is 4. The van der Waals surface area contributed by atoms with E-state index in [2.05, 4.69) is 4.90 Å². The summed E-state index contributed by atoms with van der Waals surface area (Å²) in [6.07, 6.45) is 3.45. The summed E-state index contributed by atoms with van der Waals surface area (Å²) in [5.74, 6) is 0. The van der Waals surface area contributed by atoms with E-state index in [1.807, 2.05) is 13.8 Å². The number of β-amino-alcohol motifs (C(OH)–C–C–N with tert-alkyl or cyclic N) is 1. The molecule has 0 saturated carbocycles. The first-order valence-corrected chi connectivity index (χ1v) is 6.86. The van der Waals surface area contributed by atoms with Crippen LogP contribution >= 0.6 is 0 Å². The van der Waals surface area contributed by atoms with Crippen LogP contribution in [0.15, 0.2) is 0 Å². The van der Waals surface area contributed by atoms with E-state index in [4.69, 9.17) is 4.74 Å². The second-order valence-electron chi connectivity index (χ2n) is 4.85. The molecule has 1 heterocycles. The summed E-state index contributed by atoms with van der Waals surface area (Å²) in [4.78, 5) is 2.22. The van der Waals surface area contributed by atoms with E-state index in [0.717, 1.165) is 25.8 Å². The molecule has 2 N–H and O–H groups in total. The van der Waals surface area contributed by atoms with Gasteiger partial charge in [-0.2, -0.15) is 0 Å². The standard InChI is InChI=1S/C13H27NO3/c1-3-13(16)12-7-5-6-8-14(12)9-11(15)10-17-4-2/h11-13,15-16H,3-10H2,1-2H3. The van der Waals surface area contributed by atoms with E-state index >= 15 is 0 Å². The Kier molecular flexibility index (Phi) is 7.04. The third kappa shape index (κ3) is 4.92. The Labute approximate surface area is 105 Å². The SMILES string of the molecule is CCOCC(O)CN1CCCCC1C(O)CC. The van der Waals surface area contributed by atoms with Crippen molar-refractivity contribution in [3.05, 3.63) is 0 Å². The van der Waals surface area contributed by atoms with Gasteiger partial charge in [0.2, 0.25) is 0 Å². The third-order valence-corrected chi connectivity index (χ3v) is 3.49. The fraction of sp³-hybridized carbons (Fsp3) is 1.00. The number of hydrogen-bond donors (Lipinski definition) is 2. The Morgan fingerprint density at radius 1 is 1.29 bits per heavy atom. The van der Waals surface area contributed by atoms with Crippen molar-refractivity contribution >= 4 is 0 Å². The van der Waals surface area contributed by atoms with Gasteiger partial charge < -0.3 is 14.9 Å². The number of aliphatic hydroxyl groups excluding tert-OH is 2. The van der Waals surface area contributed by atoms with Crippen LogP contribution in [0.5, 0.6) is 0 Å². The van der Waals surface area contributed by atoms with Gasteiger partial charge in [0.25, 0.3) is 0 Å². The third-order valence-electron chi connectivity index (χ3n) is 3.49. The Morgan fingerprint density at radius 3 is 2.71 bits per heavy atom. The summed E-state index contributed by atoms with van der Waals surface area (Å²) in [5.41, 5.74) is 0. The van der Waals surface area contributed by atoms with Gasteiger partial charge in [-0.15, -0.1) is 0 Å². The second-order valence-corrected chi connectivity index (χ2v) is 4.85. The predicted molar refractivity (Wildman–Crippen MR) is 68.0 cm³/mol. The van der Waals surface area contributed by atoms with E-state index in [0.29, 0.717) is 19.8 Å². The first-order valence-electron chi connectivity index (χ1n) is 6.86. The van der Waals surface area contributed by atoms with Gasteiger partial charge in [0.05, 0.1) is 18.8 Å². The summed E-state index contributed by atoms with van der Waals surface area (Å²) >= 11 is 0. The van der Waals surface area contributed by atoms with Crippen molar-refractivity contribution in [2.75, 3.05) is 26.3 Å². The number of aliphatic hydroxyl groups is 2. The van der Waals surface area contributed by atoms with Crippen molar-refractivity contribution in [1.29, 1.82) is 0 Å². The molecule has 3 atom stereocenters. The van der Waals surface area contributed by atoms with Gasteiger partial charge in [0.15, 0.2) is 0 Å². The lowest BCUT2D eigenvalue weighted by Gasteiger charge is -2.39. The zero-order chi connectivity index (χ0) is 12.7. The molecule has 0 aromatic rings. The highest BCUT2D eigenvalue weighted by molar-refractivity contribution is 4.83. The first kappa shape index (κ1) is 14.9. The average Bonchev–Trinajstić information content (AvgIpc) is 2.36. The molecule has 1 rings (SSSR count). The molecule has 102 valence electrons. The number of ether oxygens (including phenoxy) is 1. The summed E-state index contributed by atoms with van der Waals surface area (Å²) < 4.78 is 5.22. The molecule has 0 spiro atoms. The van der Waals surface area contributed by atoms with Crippen molar-refractivity contribution in [2.45, 2.75) is 57.8 Å². The molecule has 0 aliphatic carbocycles. The molecule has 1 saturated heterocycles. The highest BCUT2D eigenvalue weighted by Crippen LogP contribution is 2.21. The number of piperidine rings is 1. The molecule has 0 bridgehead atoms. The molecule has 4 heteroatoms. The van der Waals surface area contributed by atoms with Crippen LogP contribution < -0.4 is 0 Å². The first-order chi connectivity index (χ1) is 8.19. The maximum absolute atomic E-state index is 9.99. The van der Waals surface area contributed by atoms with Crippen LogP contribution in [-0.4, -0.2) is 59.7 Å². The minimum absolute atomic E-state index is 0.213. The molecular formula is C13H27NO3. The summed E-state index contributed by atoms with van der Waals surface area (Å²) in [5, 5.41) is 19.8. The Balaban J connectivity index is 2.41. The smallest absolute Gasteiger partial charge is 0.0900 e. The van der Waals surface area contributed by atoms with Crippen molar-refractivity contribution in [2.24, 2.45) is 0 Å². The van der Waals surface area contributed by atoms with E-state index in [1.165, 1.54) is 6.42 Å². The van der Waals surface area contributed by atoms with Crippen molar-refractivity contribution < 1.29 is 14.9 Å². The minimum Gasteiger partial charge on any atom is -0.392 e. The minimum atomic E-state index is -0.445. The zero-order valence-electron chi connectivity index (χ0n) is 11.1. The summed E-state index contributed by atoms with van der Waals surface area (Å²) in [6, 6.07) is 0.213. The zero-order valence-corrected chi connectivity index (χ0v) is 11.1. The number of rotatable bonds is 7. The monoisotopic (exact) mass is 245 g/mol. The van der Waals surface area contributed by atoms with Crippen LogP contribution in [0.3, 0.4) is 0 Å². The van der Waals surface area contributed by atoms with Gasteiger partial charge in [-0.3, -0.25) is 4.90 Å². The van der Waals surface area contributed by atoms with Crippen molar-refractivity contribution in [3.63, 3.8) is 0 Å². The lowest BCUT2D eigenvalue weighted by molar-refractivity contribution is -0.0242. The van der Waals surface area contributed by atoms with Crippen LogP contribution in [0.1, 0.15) is 39.5 Å². The molecular weight excluding hydrogens is 218 g/mol. The Morgan fingerprint density at radius 2 is 2.06 bits per heavy atom. The fourth-order valence-corrected chi connectivity index (χ4v) is 2.53. The number of nitrogens with zero attached hydrogens (tertiary/aromatic N) is 1. The van der Waals surface area contributed by atoms with Gasteiger partial charge in [-0.1, -0.05) is 13.3 Å². The lowest BCUT2D eigenvalue weighted by Crippen LogP contribution is -2.50.